The van der Waals surface area contributed by atoms with Gasteiger partial charge in [-0.25, -0.2) is 4.98 Å². The average Bonchev–Trinajstić information content (AvgIpc) is 3.30. The number of nitrogens with zero attached hydrogens (tertiary/aromatic N) is 3. The van der Waals surface area contributed by atoms with Crippen LogP contribution in [0.5, 0.6) is 0 Å². The van der Waals surface area contributed by atoms with E-state index in [1.165, 1.54) is 35.8 Å². The van der Waals surface area contributed by atoms with Crippen LogP contribution < -0.4 is 10.6 Å². The van der Waals surface area contributed by atoms with Crippen LogP contribution in [0.2, 0.25) is 0 Å². The molecule has 0 radical (unpaired) electrons. The molecule has 0 unspecified atom stereocenters. The monoisotopic (exact) mass is 379 g/mol. The van der Waals surface area contributed by atoms with Gasteiger partial charge in [-0.2, -0.15) is 0 Å². The van der Waals surface area contributed by atoms with E-state index in [0.29, 0.717) is 0 Å². The van der Waals surface area contributed by atoms with Gasteiger partial charge in [0.1, 0.15) is 0 Å². The van der Waals surface area contributed by atoms with Crippen LogP contribution in [0.1, 0.15) is 41.3 Å². The van der Waals surface area contributed by atoms with Gasteiger partial charge in [-0.05, 0) is 52.6 Å². The summed E-state index contributed by atoms with van der Waals surface area (Å²) in [6, 6.07) is 0. The summed E-state index contributed by atoms with van der Waals surface area (Å²) in [6.07, 6.45) is 5.79. The molecular weight excluding hydrogens is 346 g/mol. The smallest absolute Gasteiger partial charge is 0.191 e. The first-order valence-electron chi connectivity index (χ1n) is 9.83. The number of guanidine groups is 1. The second kappa shape index (κ2) is 9.15. The molecular formula is C19H33N5OS. The number of nitrogens with one attached hydrogen (secondary N) is 2. The van der Waals surface area contributed by atoms with Crippen molar-refractivity contribution < 1.29 is 4.74 Å². The van der Waals surface area contributed by atoms with Crippen molar-refractivity contribution >= 4 is 17.3 Å². The highest BCUT2D eigenvalue weighted by atomic mass is 32.1. The largest absolute Gasteiger partial charge is 0.381 e. The second-order valence-electron chi connectivity index (χ2n) is 7.38. The van der Waals surface area contributed by atoms with Gasteiger partial charge in [-0.1, -0.05) is 0 Å². The number of aromatic nitrogens is 1. The molecule has 0 atom stereocenters. The SMILES string of the molecule is CN=C(NCCc1nc(C)c(C)s1)NCC1(N2CCCC2)CCOCC1. The van der Waals surface area contributed by atoms with Crippen LogP contribution in [0.4, 0.5) is 0 Å². The van der Waals surface area contributed by atoms with Crippen LogP contribution in [-0.4, -0.2) is 67.8 Å². The highest BCUT2D eigenvalue weighted by molar-refractivity contribution is 7.11. The number of hydrogen-bond donors (Lipinski definition) is 2. The Morgan fingerprint density at radius 1 is 1.23 bits per heavy atom. The normalized spacial score (nSPS) is 21.1. The van der Waals surface area contributed by atoms with Gasteiger partial charge in [-0.3, -0.25) is 9.89 Å². The number of ether oxygens (including phenoxy) is 1. The molecule has 0 spiro atoms. The summed E-state index contributed by atoms with van der Waals surface area (Å²) < 4.78 is 5.64. The molecule has 3 rings (SSSR count). The third-order valence-corrected chi connectivity index (χ3v) is 6.85. The molecule has 3 heterocycles. The van der Waals surface area contributed by atoms with Crippen LogP contribution in [0.3, 0.4) is 0 Å². The summed E-state index contributed by atoms with van der Waals surface area (Å²) in [5.74, 6) is 0.889. The topological polar surface area (TPSA) is 61.8 Å². The van der Waals surface area contributed by atoms with Crippen molar-refractivity contribution in [3.8, 4) is 0 Å². The summed E-state index contributed by atoms with van der Waals surface area (Å²) in [6.45, 7) is 10.2. The van der Waals surface area contributed by atoms with Crippen molar-refractivity contribution in [1.29, 1.82) is 0 Å². The third-order valence-electron chi connectivity index (χ3n) is 5.71. The third kappa shape index (κ3) is 4.75. The van der Waals surface area contributed by atoms with Crippen LogP contribution in [0, 0.1) is 13.8 Å². The number of thiazole rings is 1. The first-order chi connectivity index (χ1) is 12.6. The molecule has 0 aromatic carbocycles. The maximum atomic E-state index is 5.64. The van der Waals surface area contributed by atoms with Crippen molar-refractivity contribution in [2.24, 2.45) is 4.99 Å². The van der Waals surface area contributed by atoms with Gasteiger partial charge in [0.05, 0.1) is 10.7 Å². The first kappa shape index (κ1) is 19.6. The molecule has 2 fully saturated rings. The summed E-state index contributed by atoms with van der Waals surface area (Å²) in [7, 11) is 1.85. The second-order valence-corrected chi connectivity index (χ2v) is 8.67. The van der Waals surface area contributed by atoms with Crippen LogP contribution in [0.15, 0.2) is 4.99 Å². The van der Waals surface area contributed by atoms with Gasteiger partial charge in [0.25, 0.3) is 0 Å². The van der Waals surface area contributed by atoms with Crippen molar-refractivity contribution in [3.05, 3.63) is 15.6 Å². The zero-order valence-electron chi connectivity index (χ0n) is 16.4. The van der Waals surface area contributed by atoms with Crippen molar-refractivity contribution in [2.45, 2.75) is 51.5 Å². The average molecular weight is 380 g/mol. The zero-order chi connectivity index (χ0) is 18.4. The molecule has 7 heteroatoms. The summed E-state index contributed by atoms with van der Waals surface area (Å²) in [5, 5.41) is 8.23. The Labute approximate surface area is 161 Å². The van der Waals surface area contributed by atoms with Gasteiger partial charge in [0, 0.05) is 50.2 Å². The van der Waals surface area contributed by atoms with E-state index in [4.69, 9.17) is 4.74 Å². The molecule has 1 aromatic heterocycles. The standard InChI is InChI=1S/C19H33N5OS/c1-15-16(2)26-17(23-15)6-9-21-18(20-3)22-14-19(7-12-25-13-8-19)24-10-4-5-11-24/h4-14H2,1-3H3,(H2,20,21,22). The number of hydrogen-bond acceptors (Lipinski definition) is 5. The minimum absolute atomic E-state index is 0.218. The molecule has 2 aliphatic rings. The van der Waals surface area contributed by atoms with E-state index in [-0.39, 0.29) is 5.54 Å². The Kier molecular flexibility index (Phi) is 6.89. The lowest BCUT2D eigenvalue weighted by Crippen LogP contribution is -2.58. The van der Waals surface area contributed by atoms with Crippen molar-refractivity contribution in [1.82, 2.24) is 20.5 Å². The fraction of sp³-hybridized carbons (Fsp3) is 0.789. The van der Waals surface area contributed by atoms with Crippen molar-refractivity contribution in [3.63, 3.8) is 0 Å². The maximum absolute atomic E-state index is 5.64. The van der Waals surface area contributed by atoms with E-state index in [0.717, 1.165) is 57.2 Å². The van der Waals surface area contributed by atoms with Crippen LogP contribution in [-0.2, 0) is 11.2 Å². The number of aryl methyl sites for hydroxylation is 2. The minimum Gasteiger partial charge on any atom is -0.381 e. The predicted octanol–water partition coefficient (Wildman–Crippen LogP) is 2.11. The van der Waals surface area contributed by atoms with E-state index >= 15 is 0 Å². The fourth-order valence-corrected chi connectivity index (χ4v) is 4.88. The van der Waals surface area contributed by atoms with E-state index in [1.54, 1.807) is 11.3 Å². The molecule has 1 aromatic rings. The predicted molar refractivity (Wildman–Crippen MR) is 108 cm³/mol. The summed E-state index contributed by atoms with van der Waals surface area (Å²) in [5.41, 5.74) is 1.37. The van der Waals surface area contributed by atoms with E-state index in [1.807, 2.05) is 7.05 Å². The van der Waals surface area contributed by atoms with Gasteiger partial charge in [0.2, 0.25) is 0 Å². The highest BCUT2D eigenvalue weighted by Gasteiger charge is 2.39. The molecule has 146 valence electrons. The molecule has 2 N–H and O–H groups in total. The number of rotatable bonds is 6. The Morgan fingerprint density at radius 2 is 1.96 bits per heavy atom. The lowest BCUT2D eigenvalue weighted by molar-refractivity contribution is -0.0164. The summed E-state index contributed by atoms with van der Waals surface area (Å²) >= 11 is 1.79. The molecule has 0 bridgehead atoms. The zero-order valence-corrected chi connectivity index (χ0v) is 17.3. The lowest BCUT2D eigenvalue weighted by atomic mass is 9.88. The van der Waals surface area contributed by atoms with Gasteiger partial charge >= 0.3 is 0 Å². The maximum Gasteiger partial charge on any atom is 0.191 e. The first-order valence-corrected chi connectivity index (χ1v) is 10.6. The van der Waals surface area contributed by atoms with Crippen LogP contribution >= 0.6 is 11.3 Å². The Bertz CT molecular complexity index is 584. The Balaban J connectivity index is 1.50. The Hall–Kier alpha value is -1.18. The van der Waals surface area contributed by atoms with Crippen LogP contribution in [0.25, 0.3) is 0 Å². The van der Waals surface area contributed by atoms with E-state index in [2.05, 4.69) is 39.4 Å². The molecule has 2 saturated heterocycles. The van der Waals surface area contributed by atoms with Gasteiger partial charge in [0.15, 0.2) is 5.96 Å². The van der Waals surface area contributed by atoms with E-state index < -0.39 is 0 Å². The van der Waals surface area contributed by atoms with Crippen molar-refractivity contribution in [2.75, 3.05) is 46.4 Å². The van der Waals surface area contributed by atoms with E-state index in [9.17, 15) is 0 Å². The lowest BCUT2D eigenvalue weighted by Gasteiger charge is -2.45. The van der Waals surface area contributed by atoms with Gasteiger partial charge in [-0.15, -0.1) is 11.3 Å². The highest BCUT2D eigenvalue weighted by Crippen LogP contribution is 2.30. The Morgan fingerprint density at radius 3 is 2.58 bits per heavy atom. The quantitative estimate of drug-likeness (QED) is 0.586. The summed E-state index contributed by atoms with van der Waals surface area (Å²) in [4.78, 5) is 13.0. The molecule has 6 nitrogen and oxygen atoms in total. The fourth-order valence-electron chi connectivity index (χ4n) is 3.95. The molecule has 2 aliphatic heterocycles. The number of likely N-dealkylation sites (tertiary alicyclic amines) is 1. The molecule has 0 amide bonds. The molecule has 0 aliphatic carbocycles. The molecule has 0 saturated carbocycles. The molecule has 26 heavy (non-hydrogen) atoms. The minimum atomic E-state index is 0.218. The van der Waals surface area contributed by atoms with Gasteiger partial charge < -0.3 is 15.4 Å². The number of aliphatic imine (C=N–C) groups is 1.